The zero-order valence-corrected chi connectivity index (χ0v) is 27.9. The van der Waals surface area contributed by atoms with Gasteiger partial charge in [0, 0.05) is 21.8 Å². The van der Waals surface area contributed by atoms with E-state index < -0.39 is 24.3 Å². The molecule has 48 heavy (non-hydrogen) atoms. The number of benzene rings is 3. The van der Waals surface area contributed by atoms with Gasteiger partial charge >= 0.3 is 12.0 Å². The first kappa shape index (κ1) is 35.7. The lowest BCUT2D eigenvalue weighted by atomic mass is 9.95. The van der Waals surface area contributed by atoms with Crippen LogP contribution in [0.4, 0.5) is 4.79 Å². The summed E-state index contributed by atoms with van der Waals surface area (Å²) in [6.45, 7) is 7.70. The minimum absolute atomic E-state index is 0.173. The topological polar surface area (TPSA) is 149 Å². The summed E-state index contributed by atoms with van der Waals surface area (Å²) in [5.41, 5.74) is 6.25. The number of ether oxygens (including phenoxy) is 5. The predicted octanol–water partition coefficient (Wildman–Crippen LogP) is 5.18. The molecule has 0 aliphatic carbocycles. The van der Waals surface area contributed by atoms with Crippen molar-refractivity contribution in [1.29, 1.82) is 0 Å². The Balaban J connectivity index is 1.43. The van der Waals surface area contributed by atoms with Crippen molar-refractivity contribution < 1.29 is 38.4 Å². The van der Waals surface area contributed by atoms with Gasteiger partial charge in [0.1, 0.15) is 13.2 Å². The van der Waals surface area contributed by atoms with E-state index in [9.17, 15) is 14.7 Å². The number of nitrogens with zero attached hydrogens (tertiary/aromatic N) is 1. The van der Waals surface area contributed by atoms with Crippen LogP contribution in [0.25, 0.3) is 0 Å². The zero-order valence-electron chi connectivity index (χ0n) is 27.2. The third kappa shape index (κ3) is 8.99. The van der Waals surface area contributed by atoms with Crippen LogP contribution >= 0.6 is 11.6 Å². The van der Waals surface area contributed by atoms with Gasteiger partial charge in [0.2, 0.25) is 0 Å². The molecule has 3 aromatic carbocycles. The SMILES string of the molecule is C=CCc1cc(/C=N\N[C@H](O)COc2ccc([C@H]3NC(=O)NC(C)=C3C(=O)OC)cc2OCC)cc(OC)c1OCc1ccccc1Cl. The number of urea groups is 1. The number of hydrogen-bond donors (Lipinski definition) is 4. The van der Waals surface area contributed by atoms with Gasteiger partial charge in [-0.1, -0.05) is 41.9 Å². The minimum atomic E-state index is -1.18. The van der Waals surface area contributed by atoms with Crippen molar-refractivity contribution in [3.8, 4) is 23.0 Å². The molecule has 13 heteroatoms. The molecule has 0 radical (unpaired) electrons. The van der Waals surface area contributed by atoms with Gasteiger partial charge in [-0.2, -0.15) is 5.10 Å². The van der Waals surface area contributed by atoms with E-state index in [2.05, 4.69) is 27.7 Å². The van der Waals surface area contributed by atoms with Crippen LogP contribution in [0.5, 0.6) is 23.0 Å². The van der Waals surface area contributed by atoms with Crippen LogP contribution < -0.4 is 35.0 Å². The highest BCUT2D eigenvalue weighted by molar-refractivity contribution is 6.31. The fraction of sp³-hybridized carbons (Fsp3) is 0.286. The van der Waals surface area contributed by atoms with E-state index in [1.807, 2.05) is 31.2 Å². The molecule has 0 saturated carbocycles. The second kappa shape index (κ2) is 17.1. The number of aliphatic hydroxyl groups is 1. The number of rotatable bonds is 16. The van der Waals surface area contributed by atoms with Crippen LogP contribution in [-0.2, 0) is 22.6 Å². The summed E-state index contributed by atoms with van der Waals surface area (Å²) in [6, 6.07) is 14.9. The van der Waals surface area contributed by atoms with Crippen LogP contribution in [0.1, 0.15) is 42.1 Å². The molecule has 0 fully saturated rings. The van der Waals surface area contributed by atoms with Gasteiger partial charge in [-0.15, -0.1) is 6.58 Å². The maximum Gasteiger partial charge on any atom is 0.337 e. The number of halogens is 1. The van der Waals surface area contributed by atoms with Crippen LogP contribution in [-0.4, -0.2) is 57.0 Å². The van der Waals surface area contributed by atoms with Crippen molar-refractivity contribution in [2.75, 3.05) is 27.4 Å². The number of nitrogens with one attached hydrogen (secondary N) is 3. The summed E-state index contributed by atoms with van der Waals surface area (Å²) in [4.78, 5) is 24.7. The Labute approximate surface area is 284 Å². The molecule has 0 saturated heterocycles. The van der Waals surface area contributed by atoms with E-state index in [1.165, 1.54) is 13.3 Å². The maximum absolute atomic E-state index is 12.5. The van der Waals surface area contributed by atoms with Gasteiger partial charge in [-0.3, -0.25) is 5.43 Å². The number of amides is 2. The fourth-order valence-corrected chi connectivity index (χ4v) is 5.16. The zero-order chi connectivity index (χ0) is 34.6. The average molecular weight is 679 g/mol. The van der Waals surface area contributed by atoms with Crippen LogP contribution in [0.3, 0.4) is 0 Å². The van der Waals surface area contributed by atoms with Gasteiger partial charge in [-0.05, 0) is 61.7 Å². The predicted molar refractivity (Wildman–Crippen MR) is 182 cm³/mol. The molecule has 3 aromatic rings. The van der Waals surface area contributed by atoms with Gasteiger partial charge < -0.3 is 39.4 Å². The van der Waals surface area contributed by atoms with E-state index in [0.29, 0.717) is 57.9 Å². The number of esters is 1. The Bertz CT molecular complexity index is 1690. The van der Waals surface area contributed by atoms with Gasteiger partial charge in [0.05, 0.1) is 38.7 Å². The van der Waals surface area contributed by atoms with Crippen LogP contribution in [0.15, 0.2) is 83.6 Å². The maximum atomic E-state index is 12.5. The van der Waals surface area contributed by atoms with E-state index in [4.69, 9.17) is 35.3 Å². The second-order valence-corrected chi connectivity index (χ2v) is 10.9. The van der Waals surface area contributed by atoms with E-state index >= 15 is 0 Å². The summed E-state index contributed by atoms with van der Waals surface area (Å²) in [7, 11) is 2.83. The molecule has 1 aliphatic rings. The molecule has 254 valence electrons. The van der Waals surface area contributed by atoms with Crippen molar-refractivity contribution in [1.82, 2.24) is 16.1 Å². The quantitative estimate of drug-likeness (QED) is 0.0529. The summed E-state index contributed by atoms with van der Waals surface area (Å²) in [6.07, 6.45) is 2.64. The molecular formula is C35H39ClN4O8. The molecule has 12 nitrogen and oxygen atoms in total. The summed E-state index contributed by atoms with van der Waals surface area (Å²) < 4.78 is 28.3. The Kier molecular flexibility index (Phi) is 12.7. The monoisotopic (exact) mass is 678 g/mol. The molecule has 2 atom stereocenters. The number of allylic oxidation sites excluding steroid dienone is 2. The van der Waals surface area contributed by atoms with Crippen LogP contribution in [0, 0.1) is 0 Å². The van der Waals surface area contributed by atoms with Gasteiger partial charge in [0.25, 0.3) is 0 Å². The Hall–Kier alpha value is -5.20. The number of carbonyl (C=O) groups is 2. The highest BCUT2D eigenvalue weighted by atomic mass is 35.5. The fourth-order valence-electron chi connectivity index (χ4n) is 4.97. The standard InChI is InChI=1S/C35H39ClN4O8/c1-6-10-24-15-22(16-29(44-4)33(24)48-19-25-11-8-9-12-26(25)36)18-37-40-30(41)20-47-27-14-13-23(17-28(27)46-7-2)32-31(34(42)45-5)21(3)38-35(43)39-32/h6,8-9,11-18,30,32,40-41H,1,7,10,19-20H2,2-5H3,(H2,38,39,43)/b37-18-/t30-,32-/m1/s1. The molecule has 1 heterocycles. The lowest BCUT2D eigenvalue weighted by Crippen LogP contribution is -2.45. The normalized spacial score (nSPS) is 14.9. The summed E-state index contributed by atoms with van der Waals surface area (Å²) >= 11 is 6.30. The molecule has 1 aliphatic heterocycles. The lowest BCUT2D eigenvalue weighted by Gasteiger charge is -2.28. The second-order valence-electron chi connectivity index (χ2n) is 10.5. The van der Waals surface area contributed by atoms with Crippen molar-refractivity contribution >= 4 is 29.8 Å². The molecule has 0 bridgehead atoms. The first-order valence-corrected chi connectivity index (χ1v) is 15.5. The number of hydrazone groups is 1. The van der Waals surface area contributed by atoms with Gasteiger partial charge in [0.15, 0.2) is 29.2 Å². The average Bonchev–Trinajstić information content (AvgIpc) is 3.07. The first-order valence-electron chi connectivity index (χ1n) is 15.1. The Morgan fingerprint density at radius 3 is 2.58 bits per heavy atom. The number of hydrogen-bond acceptors (Lipinski definition) is 10. The van der Waals surface area contributed by atoms with E-state index in [-0.39, 0.29) is 18.8 Å². The summed E-state index contributed by atoms with van der Waals surface area (Å²) in [5, 5.41) is 20.7. The van der Waals surface area contributed by atoms with E-state index in [0.717, 1.165) is 11.1 Å². The molecule has 0 aromatic heterocycles. The highest BCUT2D eigenvalue weighted by Gasteiger charge is 2.32. The molecular weight excluding hydrogens is 640 g/mol. The van der Waals surface area contributed by atoms with Crippen molar-refractivity contribution in [2.45, 2.75) is 39.1 Å². The largest absolute Gasteiger partial charge is 0.493 e. The van der Waals surface area contributed by atoms with Crippen molar-refractivity contribution in [2.24, 2.45) is 5.10 Å². The van der Waals surface area contributed by atoms with Crippen molar-refractivity contribution in [3.63, 3.8) is 0 Å². The van der Waals surface area contributed by atoms with Crippen LogP contribution in [0.2, 0.25) is 5.02 Å². The number of aliphatic hydroxyl groups excluding tert-OH is 1. The third-order valence-electron chi connectivity index (χ3n) is 7.18. The van der Waals surface area contributed by atoms with Gasteiger partial charge in [-0.25, -0.2) is 9.59 Å². The van der Waals surface area contributed by atoms with E-state index in [1.54, 1.807) is 50.4 Å². The smallest absolute Gasteiger partial charge is 0.337 e. The highest BCUT2D eigenvalue weighted by Crippen LogP contribution is 2.36. The minimum Gasteiger partial charge on any atom is -0.493 e. The molecule has 2 amide bonds. The third-order valence-corrected chi connectivity index (χ3v) is 7.55. The number of carbonyl (C=O) groups excluding carboxylic acids is 2. The molecule has 4 rings (SSSR count). The lowest BCUT2D eigenvalue weighted by molar-refractivity contribution is -0.136. The summed E-state index contributed by atoms with van der Waals surface area (Å²) in [5.74, 6) is 1.21. The Morgan fingerprint density at radius 1 is 1.08 bits per heavy atom. The number of methoxy groups -OCH3 is 2. The molecule has 0 spiro atoms. The first-order chi connectivity index (χ1) is 23.2. The molecule has 0 unspecified atom stereocenters. The molecule has 4 N–H and O–H groups in total. The Morgan fingerprint density at radius 2 is 1.88 bits per heavy atom. The van der Waals surface area contributed by atoms with Crippen molar-refractivity contribution in [3.05, 3.63) is 106 Å².